The summed E-state index contributed by atoms with van der Waals surface area (Å²) >= 11 is -4.79. The van der Waals surface area contributed by atoms with Gasteiger partial charge in [-0.2, -0.15) is 0 Å². The molecule has 3 rings (SSSR count). The first-order valence-electron chi connectivity index (χ1n) is 8.18. The molecule has 138 valence electrons. The van der Waals surface area contributed by atoms with E-state index >= 15 is 4.39 Å². The van der Waals surface area contributed by atoms with Crippen molar-refractivity contribution in [2.24, 2.45) is 0 Å². The van der Waals surface area contributed by atoms with Crippen molar-refractivity contribution in [3.63, 3.8) is 0 Å². The molecule has 0 fully saturated rings. The standard InChI is InChI=1S/C21H15F5Ge/c22-19(21(24,25)26)20(23)27(16-10-4-1-5-11-16,17-12-6-2-7-13-17)18-14-8-3-9-15-18/h1-15H/b20-19-. The van der Waals surface area contributed by atoms with Gasteiger partial charge in [-0.15, -0.1) is 0 Å². The Balaban J connectivity index is 2.48. The minimum atomic E-state index is -5.39. The van der Waals surface area contributed by atoms with Gasteiger partial charge in [-0.3, -0.25) is 0 Å². The van der Waals surface area contributed by atoms with Gasteiger partial charge < -0.3 is 0 Å². The second-order valence-corrected chi connectivity index (χ2v) is 13.7. The first-order valence-corrected chi connectivity index (χ1v) is 12.4. The fraction of sp³-hybridized carbons (Fsp3) is 0.0476. The van der Waals surface area contributed by atoms with Gasteiger partial charge in [0.2, 0.25) is 0 Å². The summed E-state index contributed by atoms with van der Waals surface area (Å²) in [6.45, 7) is 0. The molecule has 3 aromatic rings. The van der Waals surface area contributed by atoms with Crippen molar-refractivity contribution in [3.8, 4) is 0 Å². The van der Waals surface area contributed by atoms with Crippen LogP contribution in [0.25, 0.3) is 0 Å². The molecule has 0 aliphatic carbocycles. The van der Waals surface area contributed by atoms with Crippen molar-refractivity contribution in [1.82, 2.24) is 0 Å². The Morgan fingerprint density at radius 3 is 1.11 bits per heavy atom. The fourth-order valence-corrected chi connectivity index (χ4v) is 12.3. The van der Waals surface area contributed by atoms with Gasteiger partial charge in [0.05, 0.1) is 0 Å². The Kier molecular flexibility index (Phi) is 5.51. The number of hydrogen-bond donors (Lipinski definition) is 0. The molecule has 0 bridgehead atoms. The van der Waals surface area contributed by atoms with Crippen molar-refractivity contribution in [1.29, 1.82) is 0 Å². The van der Waals surface area contributed by atoms with Crippen LogP contribution in [0.2, 0.25) is 0 Å². The molecule has 0 unspecified atom stereocenters. The van der Waals surface area contributed by atoms with Gasteiger partial charge >= 0.3 is 156 Å². The molecular weight excluding hydrogens is 420 g/mol. The molecule has 0 aromatic heterocycles. The minimum absolute atomic E-state index is 0.381. The summed E-state index contributed by atoms with van der Waals surface area (Å²) in [4.78, 5) is 0. The molecule has 0 amide bonds. The van der Waals surface area contributed by atoms with Gasteiger partial charge in [0.1, 0.15) is 0 Å². The van der Waals surface area contributed by atoms with Gasteiger partial charge in [-0.05, 0) is 0 Å². The maximum atomic E-state index is 15.5. The van der Waals surface area contributed by atoms with Crippen LogP contribution in [0.5, 0.6) is 0 Å². The van der Waals surface area contributed by atoms with Crippen molar-refractivity contribution < 1.29 is 22.0 Å². The molecule has 0 heterocycles. The Hall–Kier alpha value is -2.41. The predicted molar refractivity (Wildman–Crippen MR) is 99.3 cm³/mol. The number of alkyl halides is 3. The molecule has 6 heteroatoms. The zero-order valence-electron chi connectivity index (χ0n) is 14.1. The van der Waals surface area contributed by atoms with Gasteiger partial charge in [0.15, 0.2) is 0 Å². The zero-order valence-corrected chi connectivity index (χ0v) is 16.1. The van der Waals surface area contributed by atoms with Crippen LogP contribution in [0.3, 0.4) is 0 Å². The fourth-order valence-electron chi connectivity index (χ4n) is 3.23. The third-order valence-electron chi connectivity index (χ3n) is 4.39. The monoisotopic (exact) mass is 436 g/mol. The quantitative estimate of drug-likeness (QED) is 0.421. The van der Waals surface area contributed by atoms with E-state index in [1.165, 1.54) is 0 Å². The third-order valence-corrected chi connectivity index (χ3v) is 13.8. The van der Waals surface area contributed by atoms with Crippen molar-refractivity contribution >= 4 is 26.5 Å². The molecule has 0 N–H and O–H groups in total. The summed E-state index contributed by atoms with van der Waals surface area (Å²) < 4.78 is 68.7. The van der Waals surface area contributed by atoms with E-state index in [1.807, 2.05) is 0 Å². The van der Waals surface area contributed by atoms with E-state index < -0.39 is 29.9 Å². The number of benzene rings is 3. The number of rotatable bonds is 4. The molecule has 3 aromatic carbocycles. The number of halogens is 5. The molecule has 0 aliphatic heterocycles. The Labute approximate surface area is 156 Å². The maximum absolute atomic E-state index is 15.5. The molecule has 0 nitrogen and oxygen atoms in total. The van der Waals surface area contributed by atoms with E-state index in [0.717, 1.165) is 0 Å². The first-order chi connectivity index (χ1) is 12.9. The molecular formula is C21H15F5Ge. The average Bonchev–Trinajstić information content (AvgIpc) is 2.70. The van der Waals surface area contributed by atoms with E-state index in [0.29, 0.717) is 13.2 Å². The topological polar surface area (TPSA) is 0 Å². The number of hydrogen-bond acceptors (Lipinski definition) is 0. The molecule has 0 radical (unpaired) electrons. The first kappa shape index (κ1) is 19.4. The number of allylic oxidation sites excluding steroid dienone is 1. The van der Waals surface area contributed by atoms with Crippen LogP contribution >= 0.6 is 0 Å². The van der Waals surface area contributed by atoms with Crippen LogP contribution < -0.4 is 13.2 Å². The van der Waals surface area contributed by atoms with Crippen molar-refractivity contribution in [2.75, 3.05) is 0 Å². The SMILES string of the molecule is F/C(=[C](/F)[Ge]([c]1ccccc1)([c]1ccccc1)[c]1ccccc1)C(F)(F)F. The molecule has 0 saturated carbocycles. The predicted octanol–water partition coefficient (Wildman–Crippen LogP) is 4.41. The molecule has 0 spiro atoms. The average molecular weight is 435 g/mol. The summed E-state index contributed by atoms with van der Waals surface area (Å²) in [5.41, 5.74) is 0. The van der Waals surface area contributed by atoms with Crippen LogP contribution in [0.1, 0.15) is 0 Å². The van der Waals surface area contributed by atoms with E-state index in [9.17, 15) is 17.6 Å². The van der Waals surface area contributed by atoms with Crippen LogP contribution in [0.4, 0.5) is 22.0 Å². The molecule has 0 atom stereocenters. The third kappa shape index (κ3) is 3.56. The van der Waals surface area contributed by atoms with Crippen LogP contribution in [-0.4, -0.2) is 19.4 Å². The molecule has 27 heavy (non-hydrogen) atoms. The Morgan fingerprint density at radius 2 is 0.852 bits per heavy atom. The Morgan fingerprint density at radius 1 is 0.556 bits per heavy atom. The van der Waals surface area contributed by atoms with E-state index in [-0.39, 0.29) is 0 Å². The van der Waals surface area contributed by atoms with E-state index in [4.69, 9.17) is 0 Å². The van der Waals surface area contributed by atoms with Gasteiger partial charge in [-0.1, -0.05) is 0 Å². The summed E-state index contributed by atoms with van der Waals surface area (Å²) in [6, 6.07) is 24.3. The second kappa shape index (κ2) is 7.68. The van der Waals surface area contributed by atoms with Gasteiger partial charge in [-0.25, -0.2) is 0 Å². The molecule has 0 aliphatic rings. The summed E-state index contributed by atoms with van der Waals surface area (Å²) in [5.74, 6) is -2.65. The van der Waals surface area contributed by atoms with Crippen LogP contribution in [-0.2, 0) is 0 Å². The summed E-state index contributed by atoms with van der Waals surface area (Å²) in [6.07, 6.45) is -5.39. The summed E-state index contributed by atoms with van der Waals surface area (Å²) in [5, 5.41) is 0. The molecule has 0 saturated heterocycles. The normalized spacial score (nSPS) is 13.2. The Bertz CT molecular complexity index is 822. The van der Waals surface area contributed by atoms with Crippen molar-refractivity contribution in [3.05, 3.63) is 101 Å². The summed E-state index contributed by atoms with van der Waals surface area (Å²) in [7, 11) is 0. The van der Waals surface area contributed by atoms with Crippen LogP contribution in [0, 0.1) is 0 Å². The van der Waals surface area contributed by atoms with Crippen LogP contribution in [0.15, 0.2) is 101 Å². The second-order valence-electron chi connectivity index (χ2n) is 5.97. The van der Waals surface area contributed by atoms with Gasteiger partial charge in [0.25, 0.3) is 0 Å². The van der Waals surface area contributed by atoms with Gasteiger partial charge in [0, 0.05) is 0 Å². The van der Waals surface area contributed by atoms with Crippen molar-refractivity contribution in [2.45, 2.75) is 6.18 Å². The van der Waals surface area contributed by atoms with E-state index in [1.54, 1.807) is 91.0 Å². The van der Waals surface area contributed by atoms with E-state index in [2.05, 4.69) is 0 Å². The zero-order chi connectivity index (χ0) is 19.5.